The second-order valence-corrected chi connectivity index (χ2v) is 7.51. The van der Waals surface area contributed by atoms with E-state index in [2.05, 4.69) is 9.88 Å². The topological polar surface area (TPSA) is 60.3 Å². The first-order valence-corrected chi connectivity index (χ1v) is 9.21. The van der Waals surface area contributed by atoms with Crippen LogP contribution in [0.15, 0.2) is 18.2 Å². The van der Waals surface area contributed by atoms with E-state index in [0.29, 0.717) is 16.6 Å². The maximum atomic E-state index is 12.3. The highest BCUT2D eigenvalue weighted by atomic mass is 35.5. The first-order chi connectivity index (χ1) is 12.3. The smallest absolute Gasteiger partial charge is 0.340 e. The normalized spacial score (nSPS) is 13.6. The number of aryl methyl sites for hydroxylation is 1. The van der Waals surface area contributed by atoms with Gasteiger partial charge in [0.15, 0.2) is 6.61 Å². The van der Waals surface area contributed by atoms with Crippen LogP contribution in [0, 0.1) is 13.8 Å². The molecule has 0 atom stereocenters. The molecule has 0 unspecified atom stereocenters. The molecule has 1 aliphatic carbocycles. The van der Waals surface area contributed by atoms with Crippen LogP contribution < -0.4 is 5.32 Å². The van der Waals surface area contributed by atoms with Gasteiger partial charge in [-0.3, -0.25) is 4.79 Å². The number of hydrogen-bond acceptors (Lipinski definition) is 3. The molecule has 1 N–H and O–H groups in total. The minimum atomic E-state index is -0.541. The maximum absolute atomic E-state index is 12.3. The lowest BCUT2D eigenvalue weighted by molar-refractivity contribution is -0.119. The van der Waals surface area contributed by atoms with Crippen molar-refractivity contribution in [3.05, 3.63) is 50.2 Å². The van der Waals surface area contributed by atoms with Gasteiger partial charge < -0.3 is 14.6 Å². The van der Waals surface area contributed by atoms with Gasteiger partial charge in [0.1, 0.15) is 0 Å². The van der Waals surface area contributed by atoms with Crippen molar-refractivity contribution in [2.24, 2.45) is 0 Å². The fourth-order valence-corrected chi connectivity index (χ4v) is 3.84. The molecule has 138 valence electrons. The quantitative estimate of drug-likeness (QED) is 0.683. The largest absolute Gasteiger partial charge is 0.452 e. The molecule has 2 aromatic rings. The molecule has 1 aromatic carbocycles. The Morgan fingerprint density at radius 2 is 1.77 bits per heavy atom. The number of carbonyl (C=O) groups excluding carboxylic acids is 2. The molecule has 8 heteroatoms. The van der Waals surface area contributed by atoms with E-state index in [0.717, 1.165) is 24.2 Å². The Balaban J connectivity index is 1.63. The summed E-state index contributed by atoms with van der Waals surface area (Å²) in [5, 5.41) is 3.29. The van der Waals surface area contributed by atoms with Crippen molar-refractivity contribution in [3.63, 3.8) is 0 Å². The summed E-state index contributed by atoms with van der Waals surface area (Å²) in [5.41, 5.74) is 2.58. The zero-order chi connectivity index (χ0) is 19.0. The van der Waals surface area contributed by atoms with Crippen LogP contribution in [0.25, 0.3) is 0 Å². The zero-order valence-corrected chi connectivity index (χ0v) is 16.5. The van der Waals surface area contributed by atoms with E-state index in [1.807, 2.05) is 13.8 Å². The molecule has 1 aromatic heterocycles. The highest BCUT2D eigenvalue weighted by Crippen LogP contribution is 2.38. The number of nitrogens with one attached hydrogen (secondary N) is 1. The minimum Gasteiger partial charge on any atom is -0.452 e. The lowest BCUT2D eigenvalue weighted by Crippen LogP contribution is -2.21. The van der Waals surface area contributed by atoms with E-state index in [-0.39, 0.29) is 15.7 Å². The van der Waals surface area contributed by atoms with Gasteiger partial charge in [-0.2, -0.15) is 0 Å². The number of anilines is 1. The Bertz CT molecular complexity index is 865. The lowest BCUT2D eigenvalue weighted by Gasteiger charge is -2.10. The molecule has 1 fully saturated rings. The van der Waals surface area contributed by atoms with Gasteiger partial charge in [0, 0.05) is 22.5 Å². The summed E-state index contributed by atoms with van der Waals surface area (Å²) in [6, 6.07) is 5.18. The number of benzene rings is 1. The van der Waals surface area contributed by atoms with Crippen molar-refractivity contribution in [1.29, 1.82) is 0 Å². The number of esters is 1. The Kier molecular flexibility index (Phi) is 5.51. The molecule has 0 aliphatic heterocycles. The van der Waals surface area contributed by atoms with E-state index in [1.54, 1.807) is 6.07 Å². The maximum Gasteiger partial charge on any atom is 0.340 e. The number of rotatable bonds is 5. The number of ether oxygens (including phenoxy) is 1. The van der Waals surface area contributed by atoms with Crippen molar-refractivity contribution in [2.75, 3.05) is 11.9 Å². The van der Waals surface area contributed by atoms with Crippen molar-refractivity contribution in [1.82, 2.24) is 4.57 Å². The SMILES string of the molecule is Cc1cc(C(=O)OCC(=O)Nc2c(Cl)cc(Cl)cc2Cl)c(C)n1C1CC1. The van der Waals surface area contributed by atoms with Crippen LogP contribution in [0.5, 0.6) is 0 Å². The average Bonchev–Trinajstić information content (AvgIpc) is 3.34. The summed E-state index contributed by atoms with van der Waals surface area (Å²) in [5.74, 6) is -1.08. The number of carbonyl (C=O) groups is 2. The molecule has 0 spiro atoms. The van der Waals surface area contributed by atoms with Crippen LogP contribution in [0.1, 0.15) is 40.6 Å². The molecule has 0 bridgehead atoms. The number of amides is 1. The number of nitrogens with zero attached hydrogens (tertiary/aromatic N) is 1. The van der Waals surface area contributed by atoms with E-state index in [4.69, 9.17) is 39.5 Å². The second kappa shape index (κ2) is 7.51. The molecular formula is C18H17Cl3N2O3. The molecule has 1 saturated carbocycles. The predicted octanol–water partition coefficient (Wildman–Crippen LogP) is 5.20. The van der Waals surface area contributed by atoms with Gasteiger partial charge in [-0.1, -0.05) is 34.8 Å². The summed E-state index contributed by atoms with van der Waals surface area (Å²) in [7, 11) is 0. The third-order valence-electron chi connectivity index (χ3n) is 4.22. The Morgan fingerprint density at radius 1 is 1.15 bits per heavy atom. The molecule has 0 saturated heterocycles. The fraction of sp³-hybridized carbons (Fsp3) is 0.333. The molecule has 1 amide bonds. The van der Waals surface area contributed by atoms with Crippen molar-refractivity contribution in [3.8, 4) is 0 Å². The summed E-state index contributed by atoms with van der Waals surface area (Å²) in [4.78, 5) is 24.4. The van der Waals surface area contributed by atoms with Crippen LogP contribution in [0.2, 0.25) is 15.1 Å². The molecule has 26 heavy (non-hydrogen) atoms. The fourth-order valence-electron chi connectivity index (χ4n) is 2.92. The van der Waals surface area contributed by atoms with E-state index in [9.17, 15) is 9.59 Å². The molecule has 1 heterocycles. The van der Waals surface area contributed by atoms with E-state index >= 15 is 0 Å². The summed E-state index contributed by atoms with van der Waals surface area (Å²) in [6.07, 6.45) is 2.24. The molecule has 5 nitrogen and oxygen atoms in total. The summed E-state index contributed by atoms with van der Waals surface area (Å²) >= 11 is 17.9. The Labute approximate surface area is 166 Å². The van der Waals surface area contributed by atoms with Crippen LogP contribution in [0.3, 0.4) is 0 Å². The minimum absolute atomic E-state index is 0.204. The van der Waals surface area contributed by atoms with Crippen molar-refractivity contribution >= 4 is 52.4 Å². The van der Waals surface area contributed by atoms with Crippen LogP contribution in [-0.2, 0) is 9.53 Å². The monoisotopic (exact) mass is 414 g/mol. The van der Waals surface area contributed by atoms with Crippen LogP contribution >= 0.6 is 34.8 Å². The van der Waals surface area contributed by atoms with Crippen LogP contribution in [-0.4, -0.2) is 23.1 Å². The third kappa shape index (κ3) is 4.00. The zero-order valence-electron chi connectivity index (χ0n) is 14.2. The first-order valence-electron chi connectivity index (χ1n) is 8.08. The predicted molar refractivity (Wildman–Crippen MR) is 103 cm³/mol. The highest BCUT2D eigenvalue weighted by Gasteiger charge is 2.29. The summed E-state index contributed by atoms with van der Waals surface area (Å²) < 4.78 is 7.28. The van der Waals surface area contributed by atoms with Gasteiger partial charge in [0.25, 0.3) is 5.91 Å². The number of halogens is 3. The van der Waals surface area contributed by atoms with Gasteiger partial charge in [-0.05, 0) is 44.9 Å². The number of hydrogen-bond donors (Lipinski definition) is 1. The second-order valence-electron chi connectivity index (χ2n) is 6.25. The molecule has 1 aliphatic rings. The molecule has 0 radical (unpaired) electrons. The number of aromatic nitrogens is 1. The van der Waals surface area contributed by atoms with E-state index < -0.39 is 18.5 Å². The lowest BCUT2D eigenvalue weighted by atomic mass is 10.2. The molecule has 3 rings (SSSR count). The van der Waals surface area contributed by atoms with Gasteiger partial charge in [-0.15, -0.1) is 0 Å². The third-order valence-corrected chi connectivity index (χ3v) is 5.04. The molecular weight excluding hydrogens is 399 g/mol. The standard InChI is InChI=1S/C18H17Cl3N2O3/c1-9-5-13(10(2)23(9)12-3-4-12)18(25)26-8-16(24)22-17-14(20)6-11(19)7-15(17)21/h5-7,12H,3-4,8H2,1-2H3,(H,22,24). The van der Waals surface area contributed by atoms with Gasteiger partial charge in [0.05, 0.1) is 21.3 Å². The Hall–Kier alpha value is -1.69. The average molecular weight is 416 g/mol. The van der Waals surface area contributed by atoms with Crippen molar-refractivity contribution < 1.29 is 14.3 Å². The van der Waals surface area contributed by atoms with Gasteiger partial charge in [-0.25, -0.2) is 4.79 Å². The van der Waals surface area contributed by atoms with E-state index in [1.165, 1.54) is 12.1 Å². The van der Waals surface area contributed by atoms with Gasteiger partial charge >= 0.3 is 5.97 Å². The van der Waals surface area contributed by atoms with Gasteiger partial charge in [0.2, 0.25) is 0 Å². The van der Waals surface area contributed by atoms with Crippen molar-refractivity contribution in [2.45, 2.75) is 32.7 Å². The van der Waals surface area contributed by atoms with Crippen LogP contribution in [0.4, 0.5) is 5.69 Å². The Morgan fingerprint density at radius 3 is 2.35 bits per heavy atom. The summed E-state index contributed by atoms with van der Waals surface area (Å²) in [6.45, 7) is 3.40. The highest BCUT2D eigenvalue weighted by molar-refractivity contribution is 6.42. The first kappa shape index (κ1) is 19.1.